The fourth-order valence-electron chi connectivity index (χ4n) is 2.20. The second-order valence-corrected chi connectivity index (χ2v) is 6.53. The second-order valence-electron chi connectivity index (χ2n) is 5.43. The molecule has 3 N–H and O–H groups in total. The number of nitrogens with one attached hydrogen (secondary N) is 1. The van der Waals surface area contributed by atoms with Gasteiger partial charge in [-0.3, -0.25) is 14.4 Å². The minimum atomic E-state index is -0.473. The van der Waals surface area contributed by atoms with Gasteiger partial charge in [-0.05, 0) is 24.1 Å². The van der Waals surface area contributed by atoms with Gasteiger partial charge in [-0.2, -0.15) is 0 Å². The number of carbonyl (C=O) groups is 3. The van der Waals surface area contributed by atoms with E-state index >= 15 is 0 Å². The molecule has 0 aliphatic carbocycles. The van der Waals surface area contributed by atoms with Gasteiger partial charge in [0, 0.05) is 24.3 Å². The molecule has 0 saturated heterocycles. The fraction of sp³-hybridized carbons (Fsp3) is 0.211. The highest BCUT2D eigenvalue weighted by Crippen LogP contribution is 2.25. The molecule has 2 rings (SSSR count). The lowest BCUT2D eigenvalue weighted by molar-refractivity contribution is -0.117. The SMILES string of the molecule is NC(=O)CCNC(=O)c1ccccc1SC(=O)CCc1ccccc1. The van der Waals surface area contributed by atoms with E-state index < -0.39 is 5.91 Å². The van der Waals surface area contributed by atoms with Gasteiger partial charge in [0.25, 0.3) is 5.91 Å². The van der Waals surface area contributed by atoms with Crippen molar-refractivity contribution < 1.29 is 14.4 Å². The fourth-order valence-corrected chi connectivity index (χ4v) is 3.07. The first kappa shape index (κ1) is 18.7. The van der Waals surface area contributed by atoms with Crippen molar-refractivity contribution in [1.29, 1.82) is 0 Å². The molecule has 0 fully saturated rings. The molecule has 0 aliphatic heterocycles. The summed E-state index contributed by atoms with van der Waals surface area (Å²) in [6, 6.07) is 16.7. The Morgan fingerprint density at radius 1 is 0.920 bits per heavy atom. The van der Waals surface area contributed by atoms with E-state index in [0.717, 1.165) is 17.3 Å². The Morgan fingerprint density at radius 3 is 2.32 bits per heavy atom. The molecule has 0 aliphatic rings. The van der Waals surface area contributed by atoms with Gasteiger partial charge in [0.15, 0.2) is 5.12 Å². The Labute approximate surface area is 151 Å². The summed E-state index contributed by atoms with van der Waals surface area (Å²) in [6.45, 7) is 0.176. The maximum Gasteiger partial charge on any atom is 0.252 e. The number of hydrogen-bond acceptors (Lipinski definition) is 4. The standard InChI is InChI=1S/C19H20N2O3S/c20-17(22)12-13-21-19(24)15-8-4-5-9-16(15)25-18(23)11-10-14-6-2-1-3-7-14/h1-9H,10-13H2,(H2,20,22)(H,21,24). The van der Waals surface area contributed by atoms with Gasteiger partial charge in [0.1, 0.15) is 0 Å². The molecule has 2 aromatic carbocycles. The third-order valence-electron chi connectivity index (χ3n) is 3.47. The third-order valence-corrected chi connectivity index (χ3v) is 4.48. The van der Waals surface area contributed by atoms with Gasteiger partial charge in [-0.15, -0.1) is 0 Å². The summed E-state index contributed by atoms with van der Waals surface area (Å²) in [6.07, 6.45) is 1.14. The summed E-state index contributed by atoms with van der Waals surface area (Å²) >= 11 is 1.07. The van der Waals surface area contributed by atoms with Crippen LogP contribution in [0.3, 0.4) is 0 Å². The Morgan fingerprint density at radius 2 is 1.60 bits per heavy atom. The van der Waals surface area contributed by atoms with Crippen molar-refractivity contribution in [3.8, 4) is 0 Å². The van der Waals surface area contributed by atoms with E-state index in [1.54, 1.807) is 24.3 Å². The maximum atomic E-state index is 12.2. The summed E-state index contributed by atoms with van der Waals surface area (Å²) in [7, 11) is 0. The predicted molar refractivity (Wildman–Crippen MR) is 98.2 cm³/mol. The smallest absolute Gasteiger partial charge is 0.252 e. The maximum absolute atomic E-state index is 12.2. The Kier molecular flexibility index (Phi) is 7.22. The highest BCUT2D eigenvalue weighted by Gasteiger charge is 2.14. The molecule has 0 aromatic heterocycles. The molecule has 0 heterocycles. The average molecular weight is 356 g/mol. The number of hydrogen-bond donors (Lipinski definition) is 2. The van der Waals surface area contributed by atoms with E-state index in [9.17, 15) is 14.4 Å². The number of amides is 2. The zero-order valence-corrected chi connectivity index (χ0v) is 14.6. The summed E-state index contributed by atoms with van der Waals surface area (Å²) in [4.78, 5) is 35.8. The zero-order valence-electron chi connectivity index (χ0n) is 13.7. The van der Waals surface area contributed by atoms with Crippen molar-refractivity contribution in [2.24, 2.45) is 5.73 Å². The van der Waals surface area contributed by atoms with Crippen molar-refractivity contribution in [2.75, 3.05) is 6.54 Å². The molecule has 5 nitrogen and oxygen atoms in total. The second kappa shape index (κ2) is 9.64. The molecule has 2 amide bonds. The van der Waals surface area contributed by atoms with E-state index in [-0.39, 0.29) is 24.0 Å². The lowest BCUT2D eigenvalue weighted by Crippen LogP contribution is -2.28. The topological polar surface area (TPSA) is 89.3 Å². The summed E-state index contributed by atoms with van der Waals surface area (Å²) in [5.74, 6) is -0.792. The van der Waals surface area contributed by atoms with Crippen LogP contribution in [0.5, 0.6) is 0 Å². The molecule has 2 aromatic rings. The van der Waals surface area contributed by atoms with Crippen LogP contribution < -0.4 is 11.1 Å². The number of benzene rings is 2. The number of thioether (sulfide) groups is 1. The summed E-state index contributed by atoms with van der Waals surface area (Å²) in [5, 5.41) is 2.64. The van der Waals surface area contributed by atoms with Crippen molar-refractivity contribution in [1.82, 2.24) is 5.32 Å². The van der Waals surface area contributed by atoms with Crippen LogP contribution in [-0.4, -0.2) is 23.5 Å². The normalized spacial score (nSPS) is 10.2. The van der Waals surface area contributed by atoms with Crippen molar-refractivity contribution in [3.63, 3.8) is 0 Å². The minimum Gasteiger partial charge on any atom is -0.370 e. The molecule has 0 bridgehead atoms. The lowest BCUT2D eigenvalue weighted by Gasteiger charge is -2.09. The van der Waals surface area contributed by atoms with Crippen LogP contribution in [0.2, 0.25) is 0 Å². The number of rotatable bonds is 8. The van der Waals surface area contributed by atoms with E-state index in [4.69, 9.17) is 5.73 Å². The average Bonchev–Trinajstić information content (AvgIpc) is 2.61. The Bertz CT molecular complexity index is 747. The van der Waals surface area contributed by atoms with Gasteiger partial charge < -0.3 is 11.1 Å². The van der Waals surface area contributed by atoms with Crippen LogP contribution in [-0.2, 0) is 16.0 Å². The van der Waals surface area contributed by atoms with Crippen molar-refractivity contribution in [2.45, 2.75) is 24.2 Å². The molecule has 25 heavy (non-hydrogen) atoms. The van der Waals surface area contributed by atoms with Gasteiger partial charge >= 0.3 is 0 Å². The number of carbonyl (C=O) groups excluding carboxylic acids is 3. The van der Waals surface area contributed by atoms with E-state index in [1.165, 1.54) is 0 Å². The summed E-state index contributed by atoms with van der Waals surface area (Å²) < 4.78 is 0. The van der Waals surface area contributed by atoms with E-state index in [0.29, 0.717) is 23.3 Å². The van der Waals surface area contributed by atoms with Crippen LogP contribution in [0, 0.1) is 0 Å². The first-order valence-corrected chi connectivity index (χ1v) is 8.78. The van der Waals surface area contributed by atoms with Crippen molar-refractivity contribution >= 4 is 28.7 Å². The molecule has 6 heteroatoms. The van der Waals surface area contributed by atoms with E-state index in [1.807, 2.05) is 30.3 Å². The zero-order chi connectivity index (χ0) is 18.1. The predicted octanol–water partition coefficient (Wildman–Crippen LogP) is 2.54. The Hall–Kier alpha value is -2.60. The van der Waals surface area contributed by atoms with Gasteiger partial charge in [-0.1, -0.05) is 54.2 Å². The van der Waals surface area contributed by atoms with Gasteiger partial charge in [0.2, 0.25) is 5.91 Å². The number of nitrogens with two attached hydrogens (primary N) is 1. The first-order valence-electron chi connectivity index (χ1n) is 7.96. The third kappa shape index (κ3) is 6.43. The van der Waals surface area contributed by atoms with Gasteiger partial charge in [0.05, 0.1) is 5.56 Å². The monoisotopic (exact) mass is 356 g/mol. The minimum absolute atomic E-state index is 0.00115. The van der Waals surface area contributed by atoms with Crippen LogP contribution in [0.25, 0.3) is 0 Å². The molecular weight excluding hydrogens is 336 g/mol. The van der Waals surface area contributed by atoms with E-state index in [2.05, 4.69) is 5.32 Å². The van der Waals surface area contributed by atoms with Crippen LogP contribution >= 0.6 is 11.8 Å². The highest BCUT2D eigenvalue weighted by atomic mass is 32.2. The van der Waals surface area contributed by atoms with Crippen LogP contribution in [0.1, 0.15) is 28.8 Å². The van der Waals surface area contributed by atoms with Gasteiger partial charge in [-0.25, -0.2) is 0 Å². The van der Waals surface area contributed by atoms with Crippen LogP contribution in [0.4, 0.5) is 0 Å². The number of aryl methyl sites for hydroxylation is 1. The highest BCUT2D eigenvalue weighted by molar-refractivity contribution is 8.13. The molecule has 0 saturated carbocycles. The number of primary amides is 1. The summed E-state index contributed by atoms with van der Waals surface area (Å²) in [5.41, 5.74) is 6.58. The molecule has 0 atom stereocenters. The molecule has 0 unspecified atom stereocenters. The molecule has 0 radical (unpaired) electrons. The van der Waals surface area contributed by atoms with Crippen molar-refractivity contribution in [3.05, 3.63) is 65.7 Å². The first-order chi connectivity index (χ1) is 12.1. The Balaban J connectivity index is 1.93. The quantitative estimate of drug-likeness (QED) is 0.711. The molecular formula is C19H20N2O3S. The van der Waals surface area contributed by atoms with Crippen LogP contribution in [0.15, 0.2) is 59.5 Å². The lowest BCUT2D eigenvalue weighted by atomic mass is 10.1. The molecule has 0 spiro atoms. The molecule has 130 valence electrons. The largest absolute Gasteiger partial charge is 0.370 e.